The predicted octanol–water partition coefficient (Wildman–Crippen LogP) is 3.74. The van der Waals surface area contributed by atoms with Crippen LogP contribution in [-0.4, -0.2) is 42.7 Å². The van der Waals surface area contributed by atoms with E-state index in [0.717, 1.165) is 0 Å². The summed E-state index contributed by atoms with van der Waals surface area (Å²) in [7, 11) is 0. The van der Waals surface area contributed by atoms with Crippen molar-refractivity contribution in [2.75, 3.05) is 6.61 Å². The highest BCUT2D eigenvalue weighted by atomic mass is 16.7. The summed E-state index contributed by atoms with van der Waals surface area (Å²) < 4.78 is 21.4. The van der Waals surface area contributed by atoms with Gasteiger partial charge in [-0.25, -0.2) is 14.4 Å². The van der Waals surface area contributed by atoms with Crippen molar-refractivity contribution < 1.29 is 38.1 Å². The van der Waals surface area contributed by atoms with E-state index in [4.69, 9.17) is 18.9 Å². The van der Waals surface area contributed by atoms with E-state index < -0.39 is 36.1 Å². The van der Waals surface area contributed by atoms with Crippen LogP contribution in [0.15, 0.2) is 103 Å². The van der Waals surface area contributed by atoms with Crippen LogP contribution in [0, 0.1) is 0 Å². The number of benzene rings is 3. The van der Waals surface area contributed by atoms with Gasteiger partial charge in [-0.15, -0.1) is 0 Å². The van der Waals surface area contributed by atoms with E-state index in [1.54, 1.807) is 66.7 Å². The second-order valence-electron chi connectivity index (χ2n) is 7.39. The fourth-order valence-electron chi connectivity index (χ4n) is 3.17. The number of carbonyl (C=O) groups is 4. The Labute approximate surface area is 200 Å². The molecule has 0 spiro atoms. The van der Waals surface area contributed by atoms with E-state index >= 15 is 0 Å². The summed E-state index contributed by atoms with van der Waals surface area (Å²) in [6.45, 7) is -0.313. The minimum absolute atomic E-state index is 0.202. The topological polar surface area (TPSA) is 105 Å². The number of esters is 3. The molecule has 3 aromatic carbocycles. The number of hydrogen-bond acceptors (Lipinski definition) is 8. The van der Waals surface area contributed by atoms with Gasteiger partial charge in [0.05, 0.1) is 16.7 Å². The minimum Gasteiger partial charge on any atom is -0.459 e. The molecule has 0 fully saturated rings. The fraction of sp³-hybridized carbons (Fsp3) is 0.111. The molecule has 4 rings (SSSR count). The van der Waals surface area contributed by atoms with Crippen LogP contribution in [-0.2, 0) is 23.7 Å². The molecule has 0 bridgehead atoms. The highest BCUT2D eigenvalue weighted by Gasteiger charge is 2.37. The normalized spacial score (nSPS) is 17.1. The molecule has 1 heterocycles. The standard InChI is InChI=1S/C27H20O8/c28-23-22(34-25(30)19-12-6-2-7-13-19)16-21(17-32-24(29)18-10-4-1-5-11-18)33-27(23)35-26(31)20-14-8-3-9-15-20/h1-16,21,27H,17H2/t21-,27+/m0/s1. The van der Waals surface area contributed by atoms with Crippen molar-refractivity contribution in [3.63, 3.8) is 0 Å². The maximum absolute atomic E-state index is 12.9. The van der Waals surface area contributed by atoms with E-state index in [1.807, 2.05) is 0 Å². The number of ketones is 1. The van der Waals surface area contributed by atoms with Crippen LogP contribution in [0.1, 0.15) is 31.1 Å². The van der Waals surface area contributed by atoms with Crippen molar-refractivity contribution in [2.24, 2.45) is 0 Å². The lowest BCUT2D eigenvalue weighted by Crippen LogP contribution is -2.41. The van der Waals surface area contributed by atoms with Crippen molar-refractivity contribution in [3.05, 3.63) is 120 Å². The van der Waals surface area contributed by atoms with E-state index in [9.17, 15) is 19.2 Å². The SMILES string of the molecule is O=C(OC[C@@H]1C=C(OC(=O)c2ccccc2)C(=O)[C@@H](OC(=O)c2ccccc2)O1)c1ccccc1. The molecule has 0 radical (unpaired) electrons. The maximum Gasteiger partial charge on any atom is 0.343 e. The van der Waals surface area contributed by atoms with Crippen LogP contribution in [0.5, 0.6) is 0 Å². The largest absolute Gasteiger partial charge is 0.459 e. The van der Waals surface area contributed by atoms with Gasteiger partial charge in [-0.05, 0) is 42.5 Å². The zero-order chi connectivity index (χ0) is 24.6. The molecule has 0 N–H and O–H groups in total. The molecule has 1 aliphatic heterocycles. The molecule has 0 amide bonds. The fourth-order valence-corrected chi connectivity index (χ4v) is 3.17. The number of carbonyl (C=O) groups excluding carboxylic acids is 4. The van der Waals surface area contributed by atoms with Gasteiger partial charge in [-0.3, -0.25) is 4.79 Å². The highest BCUT2D eigenvalue weighted by Crippen LogP contribution is 2.21. The van der Waals surface area contributed by atoms with Gasteiger partial charge in [0.25, 0.3) is 12.1 Å². The van der Waals surface area contributed by atoms with Crippen LogP contribution in [0.3, 0.4) is 0 Å². The summed E-state index contributed by atoms with van der Waals surface area (Å²) in [5.74, 6) is -3.43. The molecular weight excluding hydrogens is 452 g/mol. The Hall–Kier alpha value is -4.56. The molecule has 0 aliphatic carbocycles. The van der Waals surface area contributed by atoms with Crippen LogP contribution in [0.2, 0.25) is 0 Å². The first kappa shape index (κ1) is 23.6. The molecule has 0 unspecified atom stereocenters. The van der Waals surface area contributed by atoms with E-state index in [2.05, 4.69) is 0 Å². The second-order valence-corrected chi connectivity index (χ2v) is 7.39. The average Bonchev–Trinajstić information content (AvgIpc) is 2.91. The summed E-state index contributed by atoms with van der Waals surface area (Å²) in [5, 5.41) is 0. The summed E-state index contributed by atoms with van der Waals surface area (Å²) in [6, 6.07) is 24.4. The van der Waals surface area contributed by atoms with Crippen molar-refractivity contribution in [2.45, 2.75) is 12.4 Å². The van der Waals surface area contributed by atoms with Crippen molar-refractivity contribution in [1.29, 1.82) is 0 Å². The van der Waals surface area contributed by atoms with Crippen LogP contribution >= 0.6 is 0 Å². The van der Waals surface area contributed by atoms with Gasteiger partial charge in [0.2, 0.25) is 0 Å². The molecule has 2 atom stereocenters. The third kappa shape index (κ3) is 6.07. The van der Waals surface area contributed by atoms with Gasteiger partial charge in [-0.2, -0.15) is 0 Å². The van der Waals surface area contributed by atoms with E-state index in [1.165, 1.54) is 30.3 Å². The lowest BCUT2D eigenvalue weighted by molar-refractivity contribution is -0.171. The Morgan fingerprint density at radius 2 is 1.17 bits per heavy atom. The zero-order valence-electron chi connectivity index (χ0n) is 18.4. The smallest absolute Gasteiger partial charge is 0.343 e. The Morgan fingerprint density at radius 3 is 1.71 bits per heavy atom. The number of rotatable bonds is 7. The molecule has 3 aromatic rings. The molecule has 176 valence electrons. The van der Waals surface area contributed by atoms with Crippen LogP contribution in [0.25, 0.3) is 0 Å². The second kappa shape index (κ2) is 11.0. The Bertz CT molecular complexity index is 1240. The Morgan fingerprint density at radius 1 is 0.686 bits per heavy atom. The summed E-state index contributed by atoms with van der Waals surface area (Å²) >= 11 is 0. The van der Waals surface area contributed by atoms with Gasteiger partial charge < -0.3 is 18.9 Å². The van der Waals surface area contributed by atoms with Gasteiger partial charge in [-0.1, -0.05) is 54.6 Å². The third-order valence-corrected chi connectivity index (χ3v) is 4.92. The van der Waals surface area contributed by atoms with Crippen molar-refractivity contribution >= 4 is 23.7 Å². The maximum atomic E-state index is 12.9. The molecule has 0 saturated carbocycles. The summed E-state index contributed by atoms with van der Waals surface area (Å²) in [4.78, 5) is 50.2. The first-order chi connectivity index (χ1) is 17.0. The molecular formula is C27H20O8. The summed E-state index contributed by atoms with van der Waals surface area (Å²) in [5.41, 5.74) is 0.747. The number of Topliss-reactive ketones (excluding diaryl/α,β-unsaturated/α-hetero) is 1. The summed E-state index contributed by atoms with van der Waals surface area (Å²) in [6.07, 6.45) is -1.51. The van der Waals surface area contributed by atoms with Crippen LogP contribution in [0.4, 0.5) is 0 Å². The molecule has 0 saturated heterocycles. The molecule has 8 heteroatoms. The van der Waals surface area contributed by atoms with E-state index in [0.29, 0.717) is 5.56 Å². The molecule has 1 aliphatic rings. The predicted molar refractivity (Wildman–Crippen MR) is 122 cm³/mol. The molecule has 8 nitrogen and oxygen atoms in total. The van der Waals surface area contributed by atoms with E-state index in [-0.39, 0.29) is 23.5 Å². The van der Waals surface area contributed by atoms with Gasteiger partial charge in [0, 0.05) is 0 Å². The van der Waals surface area contributed by atoms with Crippen LogP contribution < -0.4 is 0 Å². The quantitative estimate of drug-likeness (QED) is 0.378. The van der Waals surface area contributed by atoms with Gasteiger partial charge in [0.15, 0.2) is 5.76 Å². The average molecular weight is 472 g/mol. The minimum atomic E-state index is -1.70. The lowest BCUT2D eigenvalue weighted by atomic mass is 10.1. The monoisotopic (exact) mass is 472 g/mol. The first-order valence-electron chi connectivity index (χ1n) is 10.7. The zero-order valence-corrected chi connectivity index (χ0v) is 18.4. The van der Waals surface area contributed by atoms with Gasteiger partial charge >= 0.3 is 17.9 Å². The lowest BCUT2D eigenvalue weighted by Gasteiger charge is -2.27. The first-order valence-corrected chi connectivity index (χ1v) is 10.7. The number of ether oxygens (including phenoxy) is 4. The van der Waals surface area contributed by atoms with Crippen molar-refractivity contribution in [1.82, 2.24) is 0 Å². The Balaban J connectivity index is 1.51. The van der Waals surface area contributed by atoms with Crippen molar-refractivity contribution in [3.8, 4) is 0 Å². The highest BCUT2D eigenvalue weighted by molar-refractivity contribution is 6.02. The molecule has 35 heavy (non-hydrogen) atoms. The molecule has 0 aromatic heterocycles. The number of hydrogen-bond donors (Lipinski definition) is 0. The third-order valence-electron chi connectivity index (χ3n) is 4.92. The van der Waals surface area contributed by atoms with Gasteiger partial charge in [0.1, 0.15) is 12.7 Å². The Kier molecular flexibility index (Phi) is 7.44.